The molecule has 1 saturated carbocycles. The van der Waals surface area contributed by atoms with E-state index in [1.54, 1.807) is 33.9 Å². The van der Waals surface area contributed by atoms with Crippen molar-refractivity contribution >= 4 is 15.8 Å². The van der Waals surface area contributed by atoms with Crippen LogP contribution in [0.3, 0.4) is 0 Å². The molecular weight excluding hydrogens is 381 g/mol. The Hall–Kier alpha value is -1.83. The minimum absolute atomic E-state index is 0.00718. The lowest BCUT2D eigenvalue weighted by Gasteiger charge is -2.21. The molecule has 0 aliphatic heterocycles. The molecule has 1 unspecified atom stereocenters. The molecule has 28 heavy (non-hydrogen) atoms. The summed E-state index contributed by atoms with van der Waals surface area (Å²) in [6, 6.07) is 4.71. The van der Waals surface area contributed by atoms with Gasteiger partial charge < -0.3 is 15.4 Å². The van der Waals surface area contributed by atoms with Gasteiger partial charge in [-0.25, -0.2) is 12.8 Å². The van der Waals surface area contributed by atoms with Gasteiger partial charge in [0.2, 0.25) is 0 Å². The molecule has 0 aromatic heterocycles. The Balaban J connectivity index is 1.89. The van der Waals surface area contributed by atoms with Crippen molar-refractivity contribution in [2.24, 2.45) is 10.9 Å². The number of rotatable bonds is 8. The minimum atomic E-state index is -3.21. The van der Waals surface area contributed by atoms with Crippen LogP contribution in [0.1, 0.15) is 52.1 Å². The van der Waals surface area contributed by atoms with Crippen molar-refractivity contribution in [2.45, 2.75) is 51.3 Å². The van der Waals surface area contributed by atoms with Crippen LogP contribution in [0, 0.1) is 11.7 Å². The van der Waals surface area contributed by atoms with E-state index in [2.05, 4.69) is 15.6 Å². The third kappa shape index (κ3) is 6.36. The van der Waals surface area contributed by atoms with Crippen LogP contribution in [0.25, 0.3) is 0 Å². The quantitative estimate of drug-likeness (QED) is 0.506. The first kappa shape index (κ1) is 22.5. The molecule has 1 fully saturated rings. The van der Waals surface area contributed by atoms with E-state index in [1.807, 2.05) is 13.0 Å². The molecule has 1 aliphatic rings. The smallest absolute Gasteiger partial charge is 0.191 e. The summed E-state index contributed by atoms with van der Waals surface area (Å²) in [6.07, 6.45) is 2.31. The lowest BCUT2D eigenvalue weighted by atomic mass is 10.1. The molecule has 6 nitrogen and oxygen atoms in total. The summed E-state index contributed by atoms with van der Waals surface area (Å²) < 4.78 is 43.4. The maximum Gasteiger partial charge on any atom is 0.191 e. The van der Waals surface area contributed by atoms with Gasteiger partial charge in [0.1, 0.15) is 0 Å². The highest BCUT2D eigenvalue weighted by Gasteiger charge is 2.28. The number of aliphatic imine (C=N–C) groups is 1. The van der Waals surface area contributed by atoms with Gasteiger partial charge in [0, 0.05) is 13.6 Å². The Morgan fingerprint density at radius 1 is 1.36 bits per heavy atom. The predicted molar refractivity (Wildman–Crippen MR) is 111 cm³/mol. The minimum Gasteiger partial charge on any atom is -0.490 e. The summed E-state index contributed by atoms with van der Waals surface area (Å²) in [4.78, 5) is 4.11. The van der Waals surface area contributed by atoms with E-state index in [9.17, 15) is 12.8 Å². The Bertz CT molecular complexity index is 799. The van der Waals surface area contributed by atoms with E-state index in [1.165, 1.54) is 6.07 Å². The highest BCUT2D eigenvalue weighted by molar-refractivity contribution is 7.92. The number of nitrogens with one attached hydrogen (secondary N) is 2. The van der Waals surface area contributed by atoms with Gasteiger partial charge in [0.25, 0.3) is 0 Å². The summed E-state index contributed by atoms with van der Waals surface area (Å²) in [5.74, 6) is 0.929. The molecule has 158 valence electrons. The highest BCUT2D eigenvalue weighted by atomic mass is 32.2. The fourth-order valence-corrected chi connectivity index (χ4v) is 3.47. The molecule has 1 aromatic rings. The van der Waals surface area contributed by atoms with E-state index < -0.39 is 14.6 Å². The SMILES string of the molecule is CN=C(NCCS(=O)(=O)C(C)(C)C)NC(C)c1ccc(OCC2CC2)c(F)c1. The zero-order valence-electron chi connectivity index (χ0n) is 17.4. The van der Waals surface area contributed by atoms with Gasteiger partial charge in [0.05, 0.1) is 23.1 Å². The van der Waals surface area contributed by atoms with Gasteiger partial charge in [-0.3, -0.25) is 4.99 Å². The molecule has 0 radical (unpaired) electrons. The highest BCUT2D eigenvalue weighted by Crippen LogP contribution is 2.30. The Morgan fingerprint density at radius 2 is 2.04 bits per heavy atom. The number of sulfone groups is 1. The van der Waals surface area contributed by atoms with Crippen molar-refractivity contribution in [3.63, 3.8) is 0 Å². The fraction of sp³-hybridized carbons (Fsp3) is 0.650. The van der Waals surface area contributed by atoms with Crippen LogP contribution >= 0.6 is 0 Å². The molecular formula is C20H32FN3O3S. The topological polar surface area (TPSA) is 79.8 Å². The maximum absolute atomic E-state index is 14.3. The Labute approximate surface area is 167 Å². The monoisotopic (exact) mass is 413 g/mol. The van der Waals surface area contributed by atoms with Gasteiger partial charge >= 0.3 is 0 Å². The zero-order chi connectivity index (χ0) is 20.9. The molecule has 1 atom stereocenters. The fourth-order valence-electron chi connectivity index (χ4n) is 2.49. The van der Waals surface area contributed by atoms with Crippen LogP contribution in [-0.4, -0.2) is 45.1 Å². The third-order valence-electron chi connectivity index (χ3n) is 4.80. The molecule has 1 aliphatic carbocycles. The molecule has 0 amide bonds. The van der Waals surface area contributed by atoms with E-state index in [-0.39, 0.29) is 29.9 Å². The van der Waals surface area contributed by atoms with Crippen molar-refractivity contribution in [2.75, 3.05) is 26.0 Å². The third-order valence-corrected chi connectivity index (χ3v) is 7.41. The van der Waals surface area contributed by atoms with Crippen molar-refractivity contribution < 1.29 is 17.5 Å². The maximum atomic E-state index is 14.3. The molecule has 2 N–H and O–H groups in total. The summed E-state index contributed by atoms with van der Waals surface area (Å²) in [5, 5.41) is 6.16. The van der Waals surface area contributed by atoms with Gasteiger partial charge in [-0.1, -0.05) is 6.07 Å². The van der Waals surface area contributed by atoms with Gasteiger partial charge in [-0.15, -0.1) is 0 Å². The zero-order valence-corrected chi connectivity index (χ0v) is 18.2. The number of guanidine groups is 1. The summed E-state index contributed by atoms with van der Waals surface area (Å²) in [7, 11) is -1.60. The average Bonchev–Trinajstić information content (AvgIpc) is 3.42. The second-order valence-corrected chi connectivity index (χ2v) is 11.1. The van der Waals surface area contributed by atoms with Crippen LogP contribution in [-0.2, 0) is 9.84 Å². The van der Waals surface area contributed by atoms with E-state index >= 15 is 0 Å². The molecule has 0 bridgehead atoms. The Kier molecular flexibility index (Phi) is 7.31. The summed E-state index contributed by atoms with van der Waals surface area (Å²) >= 11 is 0. The number of benzene rings is 1. The number of nitrogens with zero attached hydrogens (tertiary/aromatic N) is 1. The summed E-state index contributed by atoms with van der Waals surface area (Å²) in [6.45, 7) is 7.75. The number of ether oxygens (including phenoxy) is 1. The number of hydrogen-bond acceptors (Lipinski definition) is 4. The van der Waals surface area contributed by atoms with Crippen LogP contribution in [0.2, 0.25) is 0 Å². The number of halogens is 1. The number of hydrogen-bond donors (Lipinski definition) is 2. The van der Waals surface area contributed by atoms with Crippen molar-refractivity contribution in [3.8, 4) is 5.75 Å². The molecule has 0 spiro atoms. The molecule has 0 heterocycles. The van der Waals surface area contributed by atoms with Crippen LogP contribution in [0.4, 0.5) is 4.39 Å². The largest absolute Gasteiger partial charge is 0.490 e. The first-order valence-electron chi connectivity index (χ1n) is 9.65. The predicted octanol–water partition coefficient (Wildman–Crippen LogP) is 3.05. The summed E-state index contributed by atoms with van der Waals surface area (Å²) in [5.41, 5.74) is 0.751. The van der Waals surface area contributed by atoms with E-state index in [0.29, 0.717) is 18.5 Å². The normalized spacial score (nSPS) is 16.6. The van der Waals surface area contributed by atoms with Gasteiger partial charge in [-0.2, -0.15) is 0 Å². The first-order chi connectivity index (χ1) is 13.0. The second kappa shape index (κ2) is 9.11. The van der Waals surface area contributed by atoms with Crippen molar-refractivity contribution in [1.29, 1.82) is 0 Å². The van der Waals surface area contributed by atoms with Crippen molar-refractivity contribution in [1.82, 2.24) is 10.6 Å². The van der Waals surface area contributed by atoms with Crippen LogP contribution < -0.4 is 15.4 Å². The standard InChI is InChI=1S/C20H32FN3O3S/c1-14(16-8-9-18(17(21)12-16)27-13-15-6-7-15)24-19(22-5)23-10-11-28(25,26)20(2,3)4/h8-9,12,14-15H,6-7,10-11,13H2,1-5H3,(H2,22,23,24). The van der Waals surface area contributed by atoms with Crippen LogP contribution in [0.15, 0.2) is 23.2 Å². The van der Waals surface area contributed by atoms with Crippen LogP contribution in [0.5, 0.6) is 5.75 Å². The van der Waals surface area contributed by atoms with Crippen molar-refractivity contribution in [3.05, 3.63) is 29.6 Å². The van der Waals surface area contributed by atoms with Gasteiger partial charge in [-0.05, 0) is 64.2 Å². The Morgan fingerprint density at radius 3 is 2.57 bits per heavy atom. The lowest BCUT2D eigenvalue weighted by Crippen LogP contribution is -2.42. The van der Waals surface area contributed by atoms with E-state index in [4.69, 9.17) is 4.74 Å². The van der Waals surface area contributed by atoms with Gasteiger partial charge in [0.15, 0.2) is 27.4 Å². The molecule has 2 rings (SSSR count). The second-order valence-electron chi connectivity index (χ2n) is 8.24. The molecule has 1 aromatic carbocycles. The molecule has 8 heteroatoms. The average molecular weight is 414 g/mol. The molecule has 0 saturated heterocycles. The lowest BCUT2D eigenvalue weighted by molar-refractivity contribution is 0.285. The van der Waals surface area contributed by atoms with E-state index in [0.717, 1.165) is 18.4 Å². The first-order valence-corrected chi connectivity index (χ1v) is 11.3.